The molecular formula is C19H14FNO2. The van der Waals surface area contributed by atoms with Crippen LogP contribution in [0.5, 0.6) is 0 Å². The molecule has 0 aromatic heterocycles. The van der Waals surface area contributed by atoms with Gasteiger partial charge in [0.05, 0.1) is 0 Å². The van der Waals surface area contributed by atoms with Gasteiger partial charge in [-0.25, -0.2) is 14.2 Å². The van der Waals surface area contributed by atoms with Crippen molar-refractivity contribution in [2.75, 3.05) is 0 Å². The predicted octanol–water partition coefficient (Wildman–Crippen LogP) is 4.14. The lowest BCUT2D eigenvalue weighted by Crippen LogP contribution is -2.01. The third-order valence-corrected chi connectivity index (χ3v) is 3.28. The number of carbonyl (C=O) groups excluding carboxylic acids is 1. The van der Waals surface area contributed by atoms with Crippen LogP contribution in [0.4, 0.5) is 4.39 Å². The van der Waals surface area contributed by atoms with Crippen LogP contribution in [0.15, 0.2) is 65.3 Å². The summed E-state index contributed by atoms with van der Waals surface area (Å²) in [7, 11) is 0. The SMILES string of the molecule is Cc1ccc(C=CC2=NC(=Cc3cccc(F)c3)C(=O)O2)cc1. The molecule has 0 fully saturated rings. The Bertz CT molecular complexity index is 833. The van der Waals surface area contributed by atoms with Crippen LogP contribution in [0, 0.1) is 12.7 Å². The van der Waals surface area contributed by atoms with Gasteiger partial charge in [0.25, 0.3) is 0 Å². The summed E-state index contributed by atoms with van der Waals surface area (Å²) in [6, 6.07) is 13.9. The van der Waals surface area contributed by atoms with Gasteiger partial charge >= 0.3 is 5.97 Å². The molecule has 0 saturated carbocycles. The van der Waals surface area contributed by atoms with Gasteiger partial charge < -0.3 is 4.74 Å². The molecule has 3 nitrogen and oxygen atoms in total. The maximum atomic E-state index is 13.2. The van der Waals surface area contributed by atoms with Gasteiger partial charge in [-0.3, -0.25) is 0 Å². The number of nitrogens with zero attached hydrogens (tertiary/aromatic N) is 1. The Morgan fingerprint density at radius 1 is 1.04 bits per heavy atom. The molecular weight excluding hydrogens is 293 g/mol. The van der Waals surface area contributed by atoms with Gasteiger partial charge in [-0.1, -0.05) is 42.0 Å². The average Bonchev–Trinajstić information content (AvgIpc) is 2.87. The summed E-state index contributed by atoms with van der Waals surface area (Å²) < 4.78 is 18.2. The largest absolute Gasteiger partial charge is 0.403 e. The summed E-state index contributed by atoms with van der Waals surface area (Å²) in [5.74, 6) is -0.690. The summed E-state index contributed by atoms with van der Waals surface area (Å²) in [4.78, 5) is 15.9. The minimum absolute atomic E-state index is 0.152. The van der Waals surface area contributed by atoms with Gasteiger partial charge in [0.1, 0.15) is 5.82 Å². The van der Waals surface area contributed by atoms with Crippen LogP contribution in [0.25, 0.3) is 12.2 Å². The van der Waals surface area contributed by atoms with Gasteiger partial charge in [-0.2, -0.15) is 0 Å². The summed E-state index contributed by atoms with van der Waals surface area (Å²) in [5.41, 5.74) is 2.87. The van der Waals surface area contributed by atoms with Crippen LogP contribution >= 0.6 is 0 Å². The molecule has 23 heavy (non-hydrogen) atoms. The van der Waals surface area contributed by atoms with Crippen molar-refractivity contribution in [2.24, 2.45) is 4.99 Å². The van der Waals surface area contributed by atoms with Crippen LogP contribution in [0.3, 0.4) is 0 Å². The third-order valence-electron chi connectivity index (χ3n) is 3.28. The summed E-state index contributed by atoms with van der Waals surface area (Å²) in [5, 5.41) is 0. The fourth-order valence-electron chi connectivity index (χ4n) is 2.10. The predicted molar refractivity (Wildman–Crippen MR) is 88.1 cm³/mol. The number of aliphatic imine (C=N–C) groups is 1. The van der Waals surface area contributed by atoms with Crippen LogP contribution in [0.2, 0.25) is 0 Å². The van der Waals surface area contributed by atoms with E-state index in [-0.39, 0.29) is 17.4 Å². The van der Waals surface area contributed by atoms with Gasteiger partial charge in [0, 0.05) is 6.08 Å². The van der Waals surface area contributed by atoms with E-state index in [2.05, 4.69) is 4.99 Å². The number of hydrogen-bond acceptors (Lipinski definition) is 3. The molecule has 0 saturated heterocycles. The lowest BCUT2D eigenvalue weighted by atomic mass is 10.1. The lowest BCUT2D eigenvalue weighted by Gasteiger charge is -1.95. The van der Waals surface area contributed by atoms with Gasteiger partial charge in [-0.15, -0.1) is 0 Å². The number of aryl methyl sites for hydroxylation is 1. The molecule has 2 aromatic rings. The molecule has 0 bridgehead atoms. The quantitative estimate of drug-likeness (QED) is 0.631. The molecule has 1 heterocycles. The Morgan fingerprint density at radius 2 is 1.83 bits per heavy atom. The van der Waals surface area contributed by atoms with Crippen molar-refractivity contribution in [3.63, 3.8) is 0 Å². The van der Waals surface area contributed by atoms with E-state index in [9.17, 15) is 9.18 Å². The van der Waals surface area contributed by atoms with E-state index in [0.717, 1.165) is 5.56 Å². The number of carbonyl (C=O) groups is 1. The van der Waals surface area contributed by atoms with E-state index < -0.39 is 5.97 Å². The molecule has 0 aliphatic carbocycles. The minimum atomic E-state index is -0.544. The number of hydrogen-bond donors (Lipinski definition) is 0. The van der Waals surface area contributed by atoms with E-state index in [1.165, 1.54) is 23.8 Å². The number of halogens is 1. The third kappa shape index (κ3) is 3.80. The van der Waals surface area contributed by atoms with Crippen molar-refractivity contribution < 1.29 is 13.9 Å². The molecule has 0 radical (unpaired) electrons. The first-order valence-electron chi connectivity index (χ1n) is 7.13. The summed E-state index contributed by atoms with van der Waals surface area (Å²) >= 11 is 0. The molecule has 0 amide bonds. The molecule has 1 aliphatic heterocycles. The highest BCUT2D eigenvalue weighted by Gasteiger charge is 2.21. The molecule has 3 rings (SSSR count). The van der Waals surface area contributed by atoms with Gasteiger partial charge in [0.15, 0.2) is 5.70 Å². The zero-order valence-electron chi connectivity index (χ0n) is 12.5. The van der Waals surface area contributed by atoms with Crippen LogP contribution in [-0.4, -0.2) is 11.9 Å². The number of cyclic esters (lactones) is 1. The maximum Gasteiger partial charge on any atom is 0.363 e. The maximum absolute atomic E-state index is 13.2. The van der Waals surface area contributed by atoms with E-state index in [1.54, 1.807) is 18.2 Å². The highest BCUT2D eigenvalue weighted by Crippen LogP contribution is 2.17. The zero-order chi connectivity index (χ0) is 16.2. The molecule has 0 N–H and O–H groups in total. The normalized spacial score (nSPS) is 16.0. The van der Waals surface area contributed by atoms with Crippen molar-refractivity contribution in [1.29, 1.82) is 0 Å². The highest BCUT2D eigenvalue weighted by molar-refractivity contribution is 6.11. The second kappa shape index (κ2) is 6.40. The van der Waals surface area contributed by atoms with Crippen molar-refractivity contribution in [1.82, 2.24) is 0 Å². The zero-order valence-corrected chi connectivity index (χ0v) is 12.5. The number of esters is 1. The molecule has 2 aromatic carbocycles. The average molecular weight is 307 g/mol. The van der Waals surface area contributed by atoms with E-state index >= 15 is 0 Å². The Kier molecular flexibility index (Phi) is 4.15. The first kappa shape index (κ1) is 14.9. The van der Waals surface area contributed by atoms with E-state index in [0.29, 0.717) is 5.56 Å². The van der Waals surface area contributed by atoms with Gasteiger partial charge in [0.2, 0.25) is 5.90 Å². The summed E-state index contributed by atoms with van der Waals surface area (Å²) in [6.45, 7) is 2.01. The number of ether oxygens (including phenoxy) is 1. The second-order valence-electron chi connectivity index (χ2n) is 5.17. The number of benzene rings is 2. The van der Waals surface area contributed by atoms with Crippen LogP contribution in [0.1, 0.15) is 16.7 Å². The fourth-order valence-corrected chi connectivity index (χ4v) is 2.10. The fraction of sp³-hybridized carbons (Fsp3) is 0.0526. The highest BCUT2D eigenvalue weighted by atomic mass is 19.1. The monoisotopic (exact) mass is 307 g/mol. The molecule has 0 atom stereocenters. The minimum Gasteiger partial charge on any atom is -0.403 e. The summed E-state index contributed by atoms with van der Waals surface area (Å²) in [6.07, 6.45) is 4.95. The van der Waals surface area contributed by atoms with Crippen molar-refractivity contribution >= 4 is 24.0 Å². The van der Waals surface area contributed by atoms with E-state index in [1.807, 2.05) is 37.3 Å². The number of rotatable bonds is 3. The van der Waals surface area contributed by atoms with Crippen molar-refractivity contribution in [3.8, 4) is 0 Å². The van der Waals surface area contributed by atoms with E-state index in [4.69, 9.17) is 4.74 Å². The van der Waals surface area contributed by atoms with Crippen LogP contribution < -0.4 is 0 Å². The van der Waals surface area contributed by atoms with Crippen molar-refractivity contribution in [3.05, 3.63) is 82.8 Å². The Hall–Kier alpha value is -3.01. The van der Waals surface area contributed by atoms with Gasteiger partial charge in [-0.05, 0) is 42.3 Å². The first-order valence-corrected chi connectivity index (χ1v) is 7.13. The second-order valence-corrected chi connectivity index (χ2v) is 5.17. The molecule has 114 valence electrons. The standard InChI is InChI=1S/C19H14FNO2/c1-13-5-7-14(8-6-13)9-10-18-21-17(19(22)23-18)12-15-3-2-4-16(20)11-15/h2-12H,1H3. The Labute approximate surface area is 133 Å². The molecule has 0 unspecified atom stereocenters. The smallest absolute Gasteiger partial charge is 0.363 e. The van der Waals surface area contributed by atoms with Crippen LogP contribution in [-0.2, 0) is 9.53 Å². The first-order chi connectivity index (χ1) is 11.1. The molecule has 0 spiro atoms. The lowest BCUT2D eigenvalue weighted by molar-refractivity contribution is -0.129. The molecule has 1 aliphatic rings. The molecule has 4 heteroatoms. The Balaban J connectivity index is 1.79. The Morgan fingerprint density at radius 3 is 2.57 bits per heavy atom. The topological polar surface area (TPSA) is 38.7 Å². The van der Waals surface area contributed by atoms with Crippen molar-refractivity contribution in [2.45, 2.75) is 6.92 Å².